The fourth-order valence-corrected chi connectivity index (χ4v) is 4.39. The zero-order valence-corrected chi connectivity index (χ0v) is 17.2. The molecule has 1 aliphatic heterocycles. The minimum absolute atomic E-state index is 0.660. The molecule has 146 valence electrons. The van der Waals surface area contributed by atoms with Crippen molar-refractivity contribution in [2.75, 3.05) is 30.7 Å². The van der Waals surface area contributed by atoms with E-state index in [0.29, 0.717) is 6.54 Å². The van der Waals surface area contributed by atoms with Crippen LogP contribution in [0, 0.1) is 6.92 Å². The molecule has 6 heteroatoms. The lowest BCUT2D eigenvalue weighted by Crippen LogP contribution is -2.21. The molecule has 2 heterocycles. The third-order valence-electron chi connectivity index (χ3n) is 5.11. The molecule has 28 heavy (non-hydrogen) atoms. The van der Waals surface area contributed by atoms with Gasteiger partial charge in [-0.25, -0.2) is 4.68 Å². The van der Waals surface area contributed by atoms with Gasteiger partial charge < -0.3 is 10.2 Å². The Morgan fingerprint density at radius 2 is 1.82 bits per heavy atom. The van der Waals surface area contributed by atoms with Gasteiger partial charge >= 0.3 is 0 Å². The van der Waals surface area contributed by atoms with Crippen LogP contribution in [0.15, 0.2) is 59.6 Å². The summed E-state index contributed by atoms with van der Waals surface area (Å²) in [5, 5.41) is 12.0. The molecule has 0 unspecified atom stereocenters. The van der Waals surface area contributed by atoms with Crippen LogP contribution in [0.5, 0.6) is 0 Å². The van der Waals surface area contributed by atoms with E-state index in [4.69, 9.17) is 0 Å². The quantitative estimate of drug-likeness (QED) is 0.576. The van der Waals surface area contributed by atoms with Gasteiger partial charge in [0, 0.05) is 22.9 Å². The molecule has 1 aromatic heterocycles. The van der Waals surface area contributed by atoms with Gasteiger partial charge in [-0.1, -0.05) is 23.4 Å². The van der Waals surface area contributed by atoms with Gasteiger partial charge in [0.15, 0.2) is 0 Å². The number of likely N-dealkylation sites (tertiary alicyclic amines) is 1. The van der Waals surface area contributed by atoms with E-state index >= 15 is 0 Å². The number of aryl methyl sites for hydroxylation is 1. The molecule has 0 aliphatic carbocycles. The van der Waals surface area contributed by atoms with Crippen molar-refractivity contribution >= 4 is 17.4 Å². The van der Waals surface area contributed by atoms with Crippen LogP contribution in [-0.4, -0.2) is 45.3 Å². The summed E-state index contributed by atoms with van der Waals surface area (Å²) >= 11 is 1.94. The lowest BCUT2D eigenvalue weighted by Gasteiger charge is -2.13. The number of nitrogens with zero attached hydrogens (tertiary/aromatic N) is 4. The molecule has 0 atom stereocenters. The van der Waals surface area contributed by atoms with Gasteiger partial charge in [-0.3, -0.25) is 0 Å². The van der Waals surface area contributed by atoms with Gasteiger partial charge in [-0.05, 0) is 68.8 Å². The van der Waals surface area contributed by atoms with Gasteiger partial charge in [0.1, 0.15) is 5.69 Å². The van der Waals surface area contributed by atoms with E-state index in [1.165, 1.54) is 42.9 Å². The van der Waals surface area contributed by atoms with Crippen molar-refractivity contribution in [3.8, 4) is 5.69 Å². The summed E-state index contributed by atoms with van der Waals surface area (Å²) in [5.74, 6) is 1.16. The second kappa shape index (κ2) is 9.26. The minimum atomic E-state index is 0.660. The van der Waals surface area contributed by atoms with E-state index < -0.39 is 0 Å². The van der Waals surface area contributed by atoms with Crippen LogP contribution in [0.2, 0.25) is 0 Å². The number of para-hydroxylation sites is 1. The number of thioether (sulfide) groups is 1. The van der Waals surface area contributed by atoms with Crippen LogP contribution < -0.4 is 5.32 Å². The van der Waals surface area contributed by atoms with Crippen LogP contribution in [0.25, 0.3) is 5.69 Å². The lowest BCUT2D eigenvalue weighted by molar-refractivity contribution is 0.362. The molecule has 2 aromatic carbocycles. The summed E-state index contributed by atoms with van der Waals surface area (Å²) in [7, 11) is 0. The Bertz CT molecular complexity index is 884. The number of hydrogen-bond donors (Lipinski definition) is 1. The standard InChI is InChI=1S/C22H27N5S/c1-18-6-2-3-7-22(18)27-17-20(24-25-27)16-23-19-8-10-21(11-9-19)28-15-14-26-12-4-5-13-26/h2-3,6-11,17,23H,4-5,12-16H2,1H3. The number of nitrogens with one attached hydrogen (secondary N) is 1. The molecular formula is C22H27N5S. The Labute approximate surface area is 171 Å². The number of anilines is 1. The predicted molar refractivity (Wildman–Crippen MR) is 116 cm³/mol. The van der Waals surface area contributed by atoms with Gasteiger partial charge in [0.2, 0.25) is 0 Å². The Balaban J connectivity index is 1.26. The smallest absolute Gasteiger partial charge is 0.102 e. The highest BCUT2D eigenvalue weighted by molar-refractivity contribution is 7.99. The molecule has 3 aromatic rings. The summed E-state index contributed by atoms with van der Waals surface area (Å²) in [5.41, 5.74) is 4.28. The van der Waals surface area contributed by atoms with Crippen LogP contribution in [0.4, 0.5) is 5.69 Å². The topological polar surface area (TPSA) is 46.0 Å². The molecule has 0 saturated carbocycles. The van der Waals surface area contributed by atoms with Crippen molar-refractivity contribution in [3.05, 3.63) is 66.0 Å². The first kappa shape index (κ1) is 19.0. The predicted octanol–water partition coefficient (Wildman–Crippen LogP) is 4.38. The average molecular weight is 394 g/mol. The number of benzene rings is 2. The molecule has 1 saturated heterocycles. The summed E-state index contributed by atoms with van der Waals surface area (Å²) < 4.78 is 1.84. The number of aromatic nitrogens is 3. The molecule has 4 rings (SSSR count). The zero-order chi connectivity index (χ0) is 19.2. The number of hydrogen-bond acceptors (Lipinski definition) is 5. The normalized spacial score (nSPS) is 14.5. The first-order valence-electron chi connectivity index (χ1n) is 9.94. The fourth-order valence-electron chi connectivity index (χ4n) is 3.48. The zero-order valence-electron chi connectivity index (χ0n) is 16.3. The van der Waals surface area contributed by atoms with Crippen molar-refractivity contribution in [1.82, 2.24) is 19.9 Å². The second-order valence-corrected chi connectivity index (χ2v) is 8.38. The largest absolute Gasteiger partial charge is 0.379 e. The molecule has 0 spiro atoms. The Hall–Kier alpha value is -2.31. The summed E-state index contributed by atoms with van der Waals surface area (Å²) in [6.45, 7) is 6.49. The maximum atomic E-state index is 4.29. The summed E-state index contributed by atoms with van der Waals surface area (Å²) in [6.07, 6.45) is 4.71. The van der Waals surface area contributed by atoms with E-state index in [-0.39, 0.29) is 0 Å². The monoisotopic (exact) mass is 393 g/mol. The van der Waals surface area contributed by atoms with Crippen molar-refractivity contribution in [2.24, 2.45) is 0 Å². The number of rotatable bonds is 8. The molecule has 5 nitrogen and oxygen atoms in total. The van der Waals surface area contributed by atoms with Gasteiger partial charge in [0.05, 0.1) is 18.4 Å². The highest BCUT2D eigenvalue weighted by Crippen LogP contribution is 2.21. The highest BCUT2D eigenvalue weighted by atomic mass is 32.2. The second-order valence-electron chi connectivity index (χ2n) is 7.22. The SMILES string of the molecule is Cc1ccccc1-n1cc(CNc2ccc(SCCN3CCCC3)cc2)nn1. The van der Waals surface area contributed by atoms with Crippen LogP contribution in [0.3, 0.4) is 0 Å². The molecule has 0 amide bonds. The molecule has 0 bridgehead atoms. The Morgan fingerprint density at radius 3 is 2.61 bits per heavy atom. The molecule has 0 radical (unpaired) electrons. The van der Waals surface area contributed by atoms with Crippen LogP contribution in [0.1, 0.15) is 24.1 Å². The van der Waals surface area contributed by atoms with Crippen LogP contribution in [-0.2, 0) is 6.54 Å². The van der Waals surface area contributed by atoms with Gasteiger partial charge in [-0.2, -0.15) is 0 Å². The highest BCUT2D eigenvalue weighted by Gasteiger charge is 2.10. The maximum Gasteiger partial charge on any atom is 0.102 e. The fraction of sp³-hybridized carbons (Fsp3) is 0.364. The Kier molecular flexibility index (Phi) is 6.29. The summed E-state index contributed by atoms with van der Waals surface area (Å²) in [6, 6.07) is 16.9. The van der Waals surface area contributed by atoms with E-state index in [0.717, 1.165) is 22.8 Å². The van der Waals surface area contributed by atoms with E-state index in [1.54, 1.807) is 0 Å². The van der Waals surface area contributed by atoms with Crippen molar-refractivity contribution in [2.45, 2.75) is 31.2 Å². The van der Waals surface area contributed by atoms with Crippen molar-refractivity contribution in [3.63, 3.8) is 0 Å². The van der Waals surface area contributed by atoms with E-state index in [9.17, 15) is 0 Å². The molecular weight excluding hydrogens is 366 g/mol. The molecule has 1 aliphatic rings. The molecule has 1 fully saturated rings. The van der Waals surface area contributed by atoms with Crippen LogP contribution >= 0.6 is 11.8 Å². The Morgan fingerprint density at radius 1 is 1.04 bits per heavy atom. The average Bonchev–Trinajstić information content (AvgIpc) is 3.40. The van der Waals surface area contributed by atoms with Crippen molar-refractivity contribution in [1.29, 1.82) is 0 Å². The summed E-state index contributed by atoms with van der Waals surface area (Å²) in [4.78, 5) is 3.89. The third-order valence-corrected chi connectivity index (χ3v) is 6.10. The minimum Gasteiger partial charge on any atom is -0.379 e. The van der Waals surface area contributed by atoms with Gasteiger partial charge in [-0.15, -0.1) is 16.9 Å². The van der Waals surface area contributed by atoms with E-state index in [1.807, 2.05) is 34.8 Å². The maximum absolute atomic E-state index is 4.29. The lowest BCUT2D eigenvalue weighted by atomic mass is 10.2. The first-order valence-corrected chi connectivity index (χ1v) is 10.9. The van der Waals surface area contributed by atoms with E-state index in [2.05, 4.69) is 63.9 Å². The van der Waals surface area contributed by atoms with Gasteiger partial charge in [0.25, 0.3) is 0 Å². The third kappa shape index (κ3) is 4.94. The first-order chi connectivity index (χ1) is 13.8. The molecule has 1 N–H and O–H groups in total. The van der Waals surface area contributed by atoms with Crippen molar-refractivity contribution < 1.29 is 0 Å².